The molecule has 0 aromatic heterocycles. The molecule has 3 aromatic rings. The lowest BCUT2D eigenvalue weighted by molar-refractivity contribution is 0.254. The van der Waals surface area contributed by atoms with Crippen molar-refractivity contribution in [3.05, 3.63) is 95.6 Å². The molecule has 31 heavy (non-hydrogen) atoms. The average Bonchev–Trinajstić information content (AvgIpc) is 2.75. The van der Waals surface area contributed by atoms with E-state index in [0.29, 0.717) is 6.42 Å². The molecule has 0 amide bonds. The standard InChI is InChI=1S/C23H24O6S2/c1-19-8-12-22(13-9-19)30(24,25)28-16-5-17-29-31(26,27)23-14-10-21(11-15-23)18-20-6-3-2-4-7-20/h2-4,6-15H,5,16-18H2,1H3. The van der Waals surface area contributed by atoms with E-state index in [0.717, 1.165) is 16.7 Å². The first kappa shape index (κ1) is 23.1. The Morgan fingerprint density at radius 1 is 0.613 bits per heavy atom. The molecular formula is C23H24O6S2. The van der Waals surface area contributed by atoms with Crippen molar-refractivity contribution in [3.63, 3.8) is 0 Å². The minimum Gasteiger partial charge on any atom is -0.266 e. The highest BCUT2D eigenvalue weighted by Crippen LogP contribution is 2.17. The van der Waals surface area contributed by atoms with Crippen molar-refractivity contribution in [1.82, 2.24) is 0 Å². The Morgan fingerprint density at radius 2 is 1.06 bits per heavy atom. The van der Waals surface area contributed by atoms with E-state index in [9.17, 15) is 16.8 Å². The lowest BCUT2D eigenvalue weighted by atomic mass is 10.1. The van der Waals surface area contributed by atoms with Crippen LogP contribution in [-0.4, -0.2) is 30.0 Å². The molecule has 0 saturated carbocycles. The van der Waals surface area contributed by atoms with E-state index >= 15 is 0 Å². The molecule has 8 heteroatoms. The van der Waals surface area contributed by atoms with Crippen molar-refractivity contribution in [1.29, 1.82) is 0 Å². The van der Waals surface area contributed by atoms with Crippen LogP contribution < -0.4 is 0 Å². The summed E-state index contributed by atoms with van der Waals surface area (Å²) in [4.78, 5) is 0.111. The van der Waals surface area contributed by atoms with Crippen LogP contribution >= 0.6 is 0 Å². The monoisotopic (exact) mass is 460 g/mol. The fourth-order valence-corrected chi connectivity index (χ4v) is 4.73. The Morgan fingerprint density at radius 3 is 1.58 bits per heavy atom. The van der Waals surface area contributed by atoms with E-state index in [1.165, 1.54) is 24.3 Å². The van der Waals surface area contributed by atoms with E-state index in [4.69, 9.17) is 8.37 Å². The van der Waals surface area contributed by atoms with Crippen molar-refractivity contribution in [2.75, 3.05) is 13.2 Å². The van der Waals surface area contributed by atoms with Gasteiger partial charge in [0.1, 0.15) is 0 Å². The molecule has 3 aromatic carbocycles. The molecule has 0 unspecified atom stereocenters. The van der Waals surface area contributed by atoms with Gasteiger partial charge in [-0.2, -0.15) is 16.8 Å². The summed E-state index contributed by atoms with van der Waals surface area (Å²) in [6, 6.07) is 22.7. The Kier molecular flexibility index (Phi) is 7.61. The number of hydrogen-bond acceptors (Lipinski definition) is 6. The second kappa shape index (κ2) is 10.2. The topological polar surface area (TPSA) is 86.7 Å². The molecule has 164 valence electrons. The van der Waals surface area contributed by atoms with Crippen LogP contribution in [0.2, 0.25) is 0 Å². The third-order valence-electron chi connectivity index (χ3n) is 4.54. The van der Waals surface area contributed by atoms with Crippen LogP contribution in [0.1, 0.15) is 23.1 Å². The van der Waals surface area contributed by atoms with Gasteiger partial charge in [0.15, 0.2) is 0 Å². The lowest BCUT2D eigenvalue weighted by Crippen LogP contribution is -2.12. The Labute approximate surface area is 183 Å². The first-order chi connectivity index (χ1) is 14.8. The maximum atomic E-state index is 12.3. The summed E-state index contributed by atoms with van der Waals surface area (Å²) in [6.45, 7) is 1.49. The summed E-state index contributed by atoms with van der Waals surface area (Å²) in [5.41, 5.74) is 3.06. The maximum Gasteiger partial charge on any atom is 0.296 e. The molecule has 0 fully saturated rings. The summed E-state index contributed by atoms with van der Waals surface area (Å²) in [5, 5.41) is 0. The zero-order valence-corrected chi connectivity index (χ0v) is 18.7. The van der Waals surface area contributed by atoms with Crippen molar-refractivity contribution >= 4 is 20.2 Å². The first-order valence-electron chi connectivity index (χ1n) is 9.75. The molecule has 0 bridgehead atoms. The molecule has 0 saturated heterocycles. The minimum atomic E-state index is -3.93. The summed E-state index contributed by atoms with van der Waals surface area (Å²) in [6.07, 6.45) is 0.811. The van der Waals surface area contributed by atoms with Crippen LogP contribution in [0.15, 0.2) is 88.7 Å². The summed E-state index contributed by atoms with van der Waals surface area (Å²) in [7, 11) is -7.81. The van der Waals surface area contributed by atoms with Crippen LogP contribution in [0.25, 0.3) is 0 Å². The predicted molar refractivity (Wildman–Crippen MR) is 118 cm³/mol. The van der Waals surface area contributed by atoms with Gasteiger partial charge in [-0.15, -0.1) is 0 Å². The zero-order valence-electron chi connectivity index (χ0n) is 17.1. The Bertz CT molecular complexity index is 1190. The van der Waals surface area contributed by atoms with E-state index in [2.05, 4.69) is 0 Å². The van der Waals surface area contributed by atoms with Gasteiger partial charge in [0.25, 0.3) is 20.2 Å². The van der Waals surface area contributed by atoms with Crippen LogP contribution in [-0.2, 0) is 35.0 Å². The molecule has 0 spiro atoms. The van der Waals surface area contributed by atoms with Gasteiger partial charge in [-0.25, -0.2) is 0 Å². The van der Waals surface area contributed by atoms with Gasteiger partial charge >= 0.3 is 0 Å². The second-order valence-corrected chi connectivity index (χ2v) is 10.3. The van der Waals surface area contributed by atoms with Crippen molar-refractivity contribution in [2.24, 2.45) is 0 Å². The van der Waals surface area contributed by atoms with Gasteiger partial charge in [-0.1, -0.05) is 60.2 Å². The number of aryl methyl sites for hydroxylation is 1. The van der Waals surface area contributed by atoms with Crippen molar-refractivity contribution in [3.8, 4) is 0 Å². The zero-order chi connectivity index (χ0) is 22.3. The third kappa shape index (κ3) is 6.73. The Hall–Kier alpha value is -2.52. The lowest BCUT2D eigenvalue weighted by Gasteiger charge is -2.08. The minimum absolute atomic E-state index is 0.0532. The van der Waals surface area contributed by atoms with E-state index in [1.807, 2.05) is 37.3 Å². The fourth-order valence-electron chi connectivity index (χ4n) is 2.84. The smallest absolute Gasteiger partial charge is 0.266 e. The summed E-state index contributed by atoms with van der Waals surface area (Å²) in [5.74, 6) is 0. The first-order valence-corrected chi connectivity index (χ1v) is 12.6. The van der Waals surface area contributed by atoms with Gasteiger partial charge in [-0.05, 0) is 55.2 Å². The van der Waals surface area contributed by atoms with Crippen LogP contribution in [0.4, 0.5) is 0 Å². The molecule has 6 nitrogen and oxygen atoms in total. The highest BCUT2D eigenvalue weighted by atomic mass is 32.2. The quantitative estimate of drug-likeness (QED) is 0.335. The molecular weight excluding hydrogens is 436 g/mol. The second-order valence-electron chi connectivity index (χ2n) is 7.03. The third-order valence-corrected chi connectivity index (χ3v) is 7.19. The maximum absolute atomic E-state index is 12.3. The van der Waals surface area contributed by atoms with Crippen molar-refractivity contribution < 1.29 is 25.2 Å². The van der Waals surface area contributed by atoms with Crippen LogP contribution in [0.5, 0.6) is 0 Å². The highest BCUT2D eigenvalue weighted by Gasteiger charge is 2.17. The molecule has 0 aliphatic rings. The van der Waals surface area contributed by atoms with Gasteiger partial charge in [0.05, 0.1) is 23.0 Å². The largest absolute Gasteiger partial charge is 0.296 e. The Balaban J connectivity index is 1.48. The molecule has 0 aliphatic heterocycles. The molecule has 0 heterocycles. The van der Waals surface area contributed by atoms with E-state index in [1.54, 1.807) is 24.3 Å². The molecule has 0 atom stereocenters. The van der Waals surface area contributed by atoms with Crippen LogP contribution in [0.3, 0.4) is 0 Å². The highest BCUT2D eigenvalue weighted by molar-refractivity contribution is 7.87. The SMILES string of the molecule is Cc1ccc(S(=O)(=O)OCCCOS(=O)(=O)c2ccc(Cc3ccccc3)cc2)cc1. The van der Waals surface area contributed by atoms with Gasteiger partial charge in [0.2, 0.25) is 0 Å². The normalized spacial score (nSPS) is 12.0. The fraction of sp³-hybridized carbons (Fsp3) is 0.217. The average molecular weight is 461 g/mol. The van der Waals surface area contributed by atoms with Gasteiger partial charge < -0.3 is 0 Å². The van der Waals surface area contributed by atoms with Crippen LogP contribution in [0, 0.1) is 6.92 Å². The number of hydrogen-bond donors (Lipinski definition) is 0. The number of rotatable bonds is 10. The summed E-state index contributed by atoms with van der Waals surface area (Å²) >= 11 is 0. The summed E-state index contributed by atoms with van der Waals surface area (Å²) < 4.78 is 58.8. The van der Waals surface area contributed by atoms with Gasteiger partial charge in [-0.3, -0.25) is 8.37 Å². The molecule has 3 rings (SSSR count). The van der Waals surface area contributed by atoms with Gasteiger partial charge in [0, 0.05) is 0 Å². The molecule has 0 aliphatic carbocycles. The van der Waals surface area contributed by atoms with E-state index in [-0.39, 0.29) is 29.4 Å². The molecule has 0 radical (unpaired) electrons. The van der Waals surface area contributed by atoms with Crippen molar-refractivity contribution in [2.45, 2.75) is 29.6 Å². The predicted octanol–water partition coefficient (Wildman–Crippen LogP) is 4.09. The molecule has 0 N–H and O–H groups in total. The number of benzene rings is 3. The van der Waals surface area contributed by atoms with E-state index < -0.39 is 20.2 Å².